The second-order valence-corrected chi connectivity index (χ2v) is 3.52. The molecule has 1 N–H and O–H groups in total. The number of rotatable bonds is 3. The number of aromatic nitrogens is 1. The summed E-state index contributed by atoms with van der Waals surface area (Å²) in [6.45, 7) is 4.04. The van der Waals surface area contributed by atoms with Crippen LogP contribution >= 0.6 is 0 Å². The summed E-state index contributed by atoms with van der Waals surface area (Å²) in [6.07, 6.45) is 3.47. The van der Waals surface area contributed by atoms with Crippen LogP contribution in [0.4, 0.5) is 5.69 Å². The van der Waals surface area contributed by atoms with Crippen molar-refractivity contribution in [1.82, 2.24) is 4.98 Å². The fraction of sp³-hybridized carbons (Fsp3) is 0.250. The molecule has 0 spiro atoms. The van der Waals surface area contributed by atoms with E-state index in [4.69, 9.17) is 4.42 Å². The maximum absolute atomic E-state index is 5.32. The molecule has 2 rings (SSSR count). The van der Waals surface area contributed by atoms with Crippen molar-refractivity contribution in [2.24, 2.45) is 0 Å². The molecule has 0 amide bonds. The van der Waals surface area contributed by atoms with Crippen LogP contribution in [0, 0.1) is 6.92 Å². The molecule has 3 nitrogen and oxygen atoms in total. The van der Waals surface area contributed by atoms with Gasteiger partial charge in [-0.1, -0.05) is 0 Å². The van der Waals surface area contributed by atoms with Crippen molar-refractivity contribution in [2.75, 3.05) is 5.32 Å². The van der Waals surface area contributed by atoms with Gasteiger partial charge in [0.25, 0.3) is 0 Å². The molecular formula is C12H14N2O. The Balaban J connectivity index is 2.13. The Labute approximate surface area is 89.1 Å². The van der Waals surface area contributed by atoms with Gasteiger partial charge in [0.05, 0.1) is 23.7 Å². The van der Waals surface area contributed by atoms with Gasteiger partial charge < -0.3 is 9.73 Å². The molecule has 0 aliphatic rings. The largest absolute Gasteiger partial charge is 0.467 e. The minimum absolute atomic E-state index is 0.155. The number of furan rings is 1. The summed E-state index contributed by atoms with van der Waals surface area (Å²) in [4.78, 5) is 4.22. The van der Waals surface area contributed by atoms with Crippen molar-refractivity contribution < 1.29 is 4.42 Å². The summed E-state index contributed by atoms with van der Waals surface area (Å²) in [7, 11) is 0. The SMILES string of the molecule is Cc1ncccc1N[C@@H](C)c1ccco1. The highest BCUT2D eigenvalue weighted by Crippen LogP contribution is 2.20. The Morgan fingerprint density at radius 1 is 1.33 bits per heavy atom. The maximum Gasteiger partial charge on any atom is 0.125 e. The summed E-state index contributed by atoms with van der Waals surface area (Å²) in [5.74, 6) is 0.929. The Morgan fingerprint density at radius 2 is 2.20 bits per heavy atom. The van der Waals surface area contributed by atoms with Crippen molar-refractivity contribution in [3.63, 3.8) is 0 Å². The molecule has 0 aliphatic heterocycles. The van der Waals surface area contributed by atoms with E-state index in [1.54, 1.807) is 12.5 Å². The third-order valence-corrected chi connectivity index (χ3v) is 2.35. The molecule has 2 heterocycles. The molecule has 0 saturated carbocycles. The van der Waals surface area contributed by atoms with Gasteiger partial charge in [-0.05, 0) is 38.1 Å². The number of aryl methyl sites for hydroxylation is 1. The molecule has 0 aromatic carbocycles. The zero-order chi connectivity index (χ0) is 10.7. The van der Waals surface area contributed by atoms with Crippen molar-refractivity contribution in [2.45, 2.75) is 19.9 Å². The number of pyridine rings is 1. The first-order valence-electron chi connectivity index (χ1n) is 4.99. The zero-order valence-corrected chi connectivity index (χ0v) is 8.90. The van der Waals surface area contributed by atoms with E-state index in [9.17, 15) is 0 Å². The Hall–Kier alpha value is -1.77. The van der Waals surface area contributed by atoms with E-state index >= 15 is 0 Å². The number of anilines is 1. The van der Waals surface area contributed by atoms with Gasteiger partial charge in [-0.3, -0.25) is 4.98 Å². The molecule has 78 valence electrons. The lowest BCUT2D eigenvalue weighted by atomic mass is 10.2. The van der Waals surface area contributed by atoms with Crippen LogP contribution in [-0.4, -0.2) is 4.98 Å². The predicted octanol–water partition coefficient (Wildman–Crippen LogP) is 3.16. The highest BCUT2D eigenvalue weighted by atomic mass is 16.3. The summed E-state index contributed by atoms with van der Waals surface area (Å²) in [5.41, 5.74) is 2.04. The fourth-order valence-electron chi connectivity index (χ4n) is 1.48. The second kappa shape index (κ2) is 4.17. The van der Waals surface area contributed by atoms with Gasteiger partial charge in [0.15, 0.2) is 0 Å². The first-order valence-corrected chi connectivity index (χ1v) is 4.99. The molecule has 0 aliphatic carbocycles. The Kier molecular flexibility index (Phi) is 2.72. The standard InChI is InChI=1S/C12H14N2O/c1-9-11(5-3-7-13-9)14-10(2)12-6-4-8-15-12/h3-8,10,14H,1-2H3/t10-/m0/s1. The van der Waals surface area contributed by atoms with Crippen LogP contribution in [0.2, 0.25) is 0 Å². The third-order valence-electron chi connectivity index (χ3n) is 2.35. The van der Waals surface area contributed by atoms with Crippen LogP contribution in [0.3, 0.4) is 0 Å². The molecule has 2 aromatic heterocycles. The second-order valence-electron chi connectivity index (χ2n) is 3.52. The molecule has 0 bridgehead atoms. The van der Waals surface area contributed by atoms with E-state index < -0.39 is 0 Å². The Bertz CT molecular complexity index is 423. The predicted molar refractivity (Wildman–Crippen MR) is 59.7 cm³/mol. The quantitative estimate of drug-likeness (QED) is 0.830. The lowest BCUT2D eigenvalue weighted by molar-refractivity contribution is 0.490. The first kappa shape index (κ1) is 9.77. The molecule has 1 atom stereocenters. The lowest BCUT2D eigenvalue weighted by Crippen LogP contribution is -2.07. The third kappa shape index (κ3) is 2.18. The average Bonchev–Trinajstić information content (AvgIpc) is 2.74. The Morgan fingerprint density at radius 3 is 2.87 bits per heavy atom. The minimum atomic E-state index is 0.155. The maximum atomic E-state index is 5.32. The van der Waals surface area contributed by atoms with Crippen LogP contribution < -0.4 is 5.32 Å². The van der Waals surface area contributed by atoms with Gasteiger partial charge >= 0.3 is 0 Å². The topological polar surface area (TPSA) is 38.1 Å². The summed E-state index contributed by atoms with van der Waals surface area (Å²) < 4.78 is 5.32. The molecule has 0 saturated heterocycles. The summed E-state index contributed by atoms with van der Waals surface area (Å²) in [5, 5.41) is 3.36. The normalized spacial score (nSPS) is 12.4. The van der Waals surface area contributed by atoms with E-state index in [0.29, 0.717) is 0 Å². The van der Waals surface area contributed by atoms with Crippen molar-refractivity contribution in [3.8, 4) is 0 Å². The number of nitrogens with zero attached hydrogens (tertiary/aromatic N) is 1. The highest BCUT2D eigenvalue weighted by Gasteiger charge is 2.08. The van der Waals surface area contributed by atoms with E-state index in [2.05, 4.69) is 17.2 Å². The fourth-order valence-corrected chi connectivity index (χ4v) is 1.48. The number of nitrogens with one attached hydrogen (secondary N) is 1. The van der Waals surface area contributed by atoms with E-state index in [-0.39, 0.29) is 6.04 Å². The first-order chi connectivity index (χ1) is 7.27. The number of hydrogen-bond donors (Lipinski definition) is 1. The van der Waals surface area contributed by atoms with Gasteiger partial charge in [-0.2, -0.15) is 0 Å². The van der Waals surface area contributed by atoms with Crippen LogP contribution in [-0.2, 0) is 0 Å². The zero-order valence-electron chi connectivity index (χ0n) is 8.90. The molecule has 0 radical (unpaired) electrons. The van der Waals surface area contributed by atoms with Crippen LogP contribution in [0.1, 0.15) is 24.4 Å². The highest BCUT2D eigenvalue weighted by molar-refractivity contribution is 5.47. The van der Waals surface area contributed by atoms with E-state index in [1.165, 1.54) is 0 Å². The van der Waals surface area contributed by atoms with Gasteiger partial charge in [0, 0.05) is 6.20 Å². The summed E-state index contributed by atoms with van der Waals surface area (Å²) >= 11 is 0. The van der Waals surface area contributed by atoms with Gasteiger partial charge in [0.2, 0.25) is 0 Å². The molecule has 0 unspecified atom stereocenters. The van der Waals surface area contributed by atoms with E-state index in [1.807, 2.05) is 31.2 Å². The van der Waals surface area contributed by atoms with Gasteiger partial charge in [0.1, 0.15) is 5.76 Å². The minimum Gasteiger partial charge on any atom is -0.467 e. The molecule has 2 aromatic rings. The van der Waals surface area contributed by atoms with Crippen molar-refractivity contribution >= 4 is 5.69 Å². The van der Waals surface area contributed by atoms with Crippen LogP contribution in [0.15, 0.2) is 41.1 Å². The summed E-state index contributed by atoms with van der Waals surface area (Å²) in [6, 6.07) is 7.95. The molecule has 0 fully saturated rings. The van der Waals surface area contributed by atoms with E-state index in [0.717, 1.165) is 17.1 Å². The molecular weight excluding hydrogens is 188 g/mol. The van der Waals surface area contributed by atoms with Gasteiger partial charge in [-0.15, -0.1) is 0 Å². The molecule has 3 heteroatoms. The smallest absolute Gasteiger partial charge is 0.125 e. The van der Waals surface area contributed by atoms with Crippen molar-refractivity contribution in [1.29, 1.82) is 0 Å². The van der Waals surface area contributed by atoms with Gasteiger partial charge in [-0.25, -0.2) is 0 Å². The monoisotopic (exact) mass is 202 g/mol. The lowest BCUT2D eigenvalue weighted by Gasteiger charge is -2.13. The van der Waals surface area contributed by atoms with Crippen LogP contribution in [0.5, 0.6) is 0 Å². The van der Waals surface area contributed by atoms with Crippen LogP contribution in [0.25, 0.3) is 0 Å². The average molecular weight is 202 g/mol. The number of hydrogen-bond acceptors (Lipinski definition) is 3. The molecule has 15 heavy (non-hydrogen) atoms. The van der Waals surface area contributed by atoms with Crippen molar-refractivity contribution in [3.05, 3.63) is 48.2 Å².